The molecule has 0 atom stereocenters. The third-order valence-electron chi connectivity index (χ3n) is 3.33. The summed E-state index contributed by atoms with van der Waals surface area (Å²) in [6.45, 7) is 2.65. The topological polar surface area (TPSA) is 67.9 Å². The van der Waals surface area contributed by atoms with Crippen molar-refractivity contribution in [2.24, 2.45) is 10.9 Å². The SMILES string of the molecule is CC(=O)O/N=C(\N)c1cc(N2CCCC2)ccc1C(F)(F)F. The van der Waals surface area contributed by atoms with E-state index in [1.807, 2.05) is 4.90 Å². The molecule has 2 N–H and O–H groups in total. The number of nitrogens with zero attached hydrogens (tertiary/aromatic N) is 2. The second kappa shape index (κ2) is 6.25. The molecule has 0 radical (unpaired) electrons. The molecular weight excluding hydrogens is 299 g/mol. The second-order valence-electron chi connectivity index (χ2n) is 4.98. The van der Waals surface area contributed by atoms with Crippen molar-refractivity contribution in [3.8, 4) is 0 Å². The highest BCUT2D eigenvalue weighted by atomic mass is 19.4. The van der Waals surface area contributed by atoms with Crippen LogP contribution in [0.15, 0.2) is 23.4 Å². The molecule has 1 aromatic rings. The molecule has 2 rings (SSSR count). The number of benzene rings is 1. The highest BCUT2D eigenvalue weighted by molar-refractivity contribution is 5.99. The third kappa shape index (κ3) is 3.69. The largest absolute Gasteiger partial charge is 0.417 e. The quantitative estimate of drug-likeness (QED) is 0.403. The van der Waals surface area contributed by atoms with Gasteiger partial charge < -0.3 is 15.5 Å². The Morgan fingerprint density at radius 2 is 1.95 bits per heavy atom. The average Bonchev–Trinajstić information content (AvgIpc) is 2.97. The van der Waals surface area contributed by atoms with Crippen molar-refractivity contribution in [1.29, 1.82) is 0 Å². The van der Waals surface area contributed by atoms with Crippen molar-refractivity contribution in [2.75, 3.05) is 18.0 Å². The molecule has 0 saturated carbocycles. The number of hydrogen-bond acceptors (Lipinski definition) is 4. The van der Waals surface area contributed by atoms with Crippen LogP contribution in [0.4, 0.5) is 18.9 Å². The first kappa shape index (κ1) is 16.1. The summed E-state index contributed by atoms with van der Waals surface area (Å²) >= 11 is 0. The van der Waals surface area contributed by atoms with Crippen LogP contribution >= 0.6 is 0 Å². The number of amidine groups is 1. The van der Waals surface area contributed by atoms with Crippen LogP contribution in [0.2, 0.25) is 0 Å². The standard InChI is InChI=1S/C14H16F3N3O2/c1-9(21)22-19-13(18)11-8-10(20-6-2-3-7-20)4-5-12(11)14(15,16)17/h4-5,8H,2-3,6-7H2,1H3,(H2,18,19). The van der Waals surface area contributed by atoms with Crippen LogP contribution in [0.25, 0.3) is 0 Å². The van der Waals surface area contributed by atoms with Gasteiger partial charge in [0.2, 0.25) is 0 Å². The summed E-state index contributed by atoms with van der Waals surface area (Å²) in [5.41, 5.74) is 5.00. The van der Waals surface area contributed by atoms with E-state index in [0.29, 0.717) is 5.69 Å². The molecule has 1 saturated heterocycles. The first-order valence-electron chi connectivity index (χ1n) is 6.76. The van der Waals surface area contributed by atoms with Crippen LogP contribution in [-0.4, -0.2) is 24.9 Å². The Hall–Kier alpha value is -2.25. The Kier molecular flexibility index (Phi) is 4.58. The number of hydrogen-bond donors (Lipinski definition) is 1. The Labute approximate surface area is 125 Å². The fourth-order valence-corrected chi connectivity index (χ4v) is 2.33. The zero-order valence-corrected chi connectivity index (χ0v) is 12.0. The summed E-state index contributed by atoms with van der Waals surface area (Å²) in [7, 11) is 0. The minimum atomic E-state index is -4.57. The summed E-state index contributed by atoms with van der Waals surface area (Å²) in [6, 6.07) is 3.71. The normalized spacial score (nSPS) is 16.0. The number of alkyl halides is 3. The number of halogens is 3. The van der Waals surface area contributed by atoms with Crippen LogP contribution in [0.3, 0.4) is 0 Å². The summed E-state index contributed by atoms with van der Waals surface area (Å²) in [5, 5.41) is 3.26. The van der Waals surface area contributed by atoms with E-state index >= 15 is 0 Å². The molecule has 0 spiro atoms. The van der Waals surface area contributed by atoms with Crippen molar-refractivity contribution < 1.29 is 22.8 Å². The van der Waals surface area contributed by atoms with Gasteiger partial charge in [0.1, 0.15) is 0 Å². The zero-order chi connectivity index (χ0) is 16.3. The summed E-state index contributed by atoms with van der Waals surface area (Å²) in [6.07, 6.45) is -2.59. The maximum absolute atomic E-state index is 13.1. The Morgan fingerprint density at radius 3 is 2.50 bits per heavy atom. The van der Waals surface area contributed by atoms with Crippen LogP contribution in [0.5, 0.6) is 0 Å². The number of oxime groups is 1. The smallest absolute Gasteiger partial charge is 0.380 e. The van der Waals surface area contributed by atoms with Crippen molar-refractivity contribution in [1.82, 2.24) is 0 Å². The summed E-state index contributed by atoms with van der Waals surface area (Å²) < 4.78 is 39.3. The van der Waals surface area contributed by atoms with Gasteiger partial charge in [-0.1, -0.05) is 5.16 Å². The van der Waals surface area contributed by atoms with Gasteiger partial charge in [-0.05, 0) is 31.0 Å². The van der Waals surface area contributed by atoms with Gasteiger partial charge in [0, 0.05) is 31.3 Å². The lowest BCUT2D eigenvalue weighted by Crippen LogP contribution is -2.23. The van der Waals surface area contributed by atoms with Gasteiger partial charge in [0.15, 0.2) is 5.84 Å². The van der Waals surface area contributed by atoms with Gasteiger partial charge in [-0.25, -0.2) is 4.79 Å². The molecule has 1 aliphatic heterocycles. The second-order valence-corrected chi connectivity index (χ2v) is 4.98. The van der Waals surface area contributed by atoms with Crippen molar-refractivity contribution in [2.45, 2.75) is 25.9 Å². The minimum absolute atomic E-state index is 0.293. The number of nitrogens with two attached hydrogens (primary N) is 1. The maximum Gasteiger partial charge on any atom is 0.417 e. The molecule has 1 aromatic carbocycles. The molecule has 1 heterocycles. The van der Waals surface area contributed by atoms with Crippen molar-refractivity contribution in [3.63, 3.8) is 0 Å². The Balaban J connectivity index is 2.43. The van der Waals surface area contributed by atoms with E-state index in [9.17, 15) is 18.0 Å². The van der Waals surface area contributed by atoms with Gasteiger partial charge in [-0.15, -0.1) is 0 Å². The van der Waals surface area contributed by atoms with E-state index in [1.165, 1.54) is 12.1 Å². The average molecular weight is 315 g/mol. The first-order chi connectivity index (χ1) is 10.3. The lowest BCUT2D eigenvalue weighted by molar-refractivity contribution is -0.140. The van der Waals surface area contributed by atoms with Crippen molar-refractivity contribution in [3.05, 3.63) is 29.3 Å². The van der Waals surface area contributed by atoms with Gasteiger partial charge in [0.25, 0.3) is 0 Å². The predicted octanol–water partition coefficient (Wildman–Crippen LogP) is 2.49. The van der Waals surface area contributed by atoms with E-state index in [0.717, 1.165) is 38.9 Å². The molecule has 8 heteroatoms. The lowest BCUT2D eigenvalue weighted by Gasteiger charge is -2.20. The molecule has 1 aliphatic rings. The van der Waals surface area contributed by atoms with E-state index < -0.39 is 23.5 Å². The molecule has 0 aliphatic carbocycles. The molecule has 0 amide bonds. The molecule has 5 nitrogen and oxygen atoms in total. The first-order valence-corrected chi connectivity index (χ1v) is 6.76. The molecule has 0 unspecified atom stereocenters. The van der Waals surface area contributed by atoms with Gasteiger partial charge >= 0.3 is 12.1 Å². The molecule has 120 valence electrons. The fourth-order valence-electron chi connectivity index (χ4n) is 2.33. The van der Waals surface area contributed by atoms with Crippen LogP contribution in [0, 0.1) is 0 Å². The molecule has 0 bridgehead atoms. The third-order valence-corrected chi connectivity index (χ3v) is 3.33. The monoisotopic (exact) mass is 315 g/mol. The van der Waals surface area contributed by atoms with Crippen LogP contribution < -0.4 is 10.6 Å². The van der Waals surface area contributed by atoms with Crippen LogP contribution in [-0.2, 0) is 15.8 Å². The van der Waals surface area contributed by atoms with Gasteiger partial charge in [-0.2, -0.15) is 13.2 Å². The summed E-state index contributed by atoms with van der Waals surface area (Å²) in [5.74, 6) is -1.24. The summed E-state index contributed by atoms with van der Waals surface area (Å²) in [4.78, 5) is 17.0. The number of rotatable bonds is 3. The number of anilines is 1. The highest BCUT2D eigenvalue weighted by Crippen LogP contribution is 2.34. The number of carbonyl (C=O) groups is 1. The van der Waals surface area contributed by atoms with E-state index in [4.69, 9.17) is 5.73 Å². The van der Waals surface area contributed by atoms with E-state index in [1.54, 1.807) is 0 Å². The van der Waals surface area contributed by atoms with Crippen molar-refractivity contribution >= 4 is 17.5 Å². The molecular formula is C14H16F3N3O2. The lowest BCUT2D eigenvalue weighted by atomic mass is 10.0. The predicted molar refractivity (Wildman–Crippen MR) is 75.4 cm³/mol. The molecule has 0 aromatic heterocycles. The molecule has 22 heavy (non-hydrogen) atoms. The van der Waals surface area contributed by atoms with Crippen LogP contribution in [0.1, 0.15) is 30.9 Å². The fraction of sp³-hybridized carbons (Fsp3) is 0.429. The van der Waals surface area contributed by atoms with Gasteiger partial charge in [0.05, 0.1) is 5.56 Å². The maximum atomic E-state index is 13.1. The van der Waals surface area contributed by atoms with E-state index in [-0.39, 0.29) is 5.56 Å². The van der Waals surface area contributed by atoms with E-state index in [2.05, 4.69) is 9.99 Å². The number of carbonyl (C=O) groups excluding carboxylic acids is 1. The Bertz CT molecular complexity index is 593. The Morgan fingerprint density at radius 1 is 1.32 bits per heavy atom. The molecule has 1 fully saturated rings. The highest BCUT2D eigenvalue weighted by Gasteiger charge is 2.35. The minimum Gasteiger partial charge on any atom is -0.380 e. The zero-order valence-electron chi connectivity index (χ0n) is 12.0. The van der Waals surface area contributed by atoms with Gasteiger partial charge in [-0.3, -0.25) is 0 Å².